The zero-order valence-electron chi connectivity index (χ0n) is 8.65. The lowest BCUT2D eigenvalue weighted by molar-refractivity contribution is 0.746. The lowest BCUT2D eigenvalue weighted by Crippen LogP contribution is -2.01. The summed E-state index contributed by atoms with van der Waals surface area (Å²) in [5.41, 5.74) is 0. The molecule has 0 bridgehead atoms. The number of hydrogen-bond donors (Lipinski definition) is 1. The minimum Gasteiger partial charge on any atom is -0.297 e. The quantitative estimate of drug-likeness (QED) is 0.837. The summed E-state index contributed by atoms with van der Waals surface area (Å²) in [6.07, 6.45) is 2.96. The number of rotatable bonds is 3. The minimum atomic E-state index is 0.653. The molecule has 80 valence electrons. The van der Waals surface area contributed by atoms with Crippen LogP contribution >= 0.6 is 23.6 Å². The fourth-order valence-corrected chi connectivity index (χ4v) is 2.40. The Kier molecular flexibility index (Phi) is 2.97. The third-order valence-corrected chi connectivity index (χ3v) is 3.63. The van der Waals surface area contributed by atoms with Gasteiger partial charge in [-0.3, -0.25) is 9.67 Å². The molecular formula is C9H12N4S2. The van der Waals surface area contributed by atoms with E-state index in [0.717, 1.165) is 17.3 Å². The van der Waals surface area contributed by atoms with Gasteiger partial charge in [-0.1, -0.05) is 6.92 Å². The molecule has 2 rings (SSSR count). The molecule has 2 aromatic rings. The second-order valence-corrected chi connectivity index (χ2v) is 4.82. The third-order valence-electron chi connectivity index (χ3n) is 2.19. The van der Waals surface area contributed by atoms with Crippen LogP contribution in [-0.4, -0.2) is 19.7 Å². The standard InChI is InChI=1S/C9H12N4S2/c1-3-7-4-10-8(15-7)5-13-6(2)11-12-9(13)14/h4H,3,5H2,1-2H3,(H,12,14). The van der Waals surface area contributed by atoms with Gasteiger partial charge < -0.3 is 0 Å². The molecule has 6 heteroatoms. The molecule has 4 nitrogen and oxygen atoms in total. The van der Waals surface area contributed by atoms with Gasteiger partial charge in [-0.05, 0) is 25.6 Å². The SMILES string of the molecule is CCc1cnc(Cn2c(C)n[nH]c2=S)s1. The Labute approximate surface area is 97.0 Å². The van der Waals surface area contributed by atoms with Crippen molar-refractivity contribution < 1.29 is 0 Å². The summed E-state index contributed by atoms with van der Waals surface area (Å²) in [6, 6.07) is 0. The van der Waals surface area contributed by atoms with Crippen molar-refractivity contribution in [2.24, 2.45) is 0 Å². The highest BCUT2D eigenvalue weighted by molar-refractivity contribution is 7.71. The Morgan fingerprint density at radius 2 is 2.40 bits per heavy atom. The summed E-state index contributed by atoms with van der Waals surface area (Å²) >= 11 is 6.86. The van der Waals surface area contributed by atoms with Gasteiger partial charge in [0.25, 0.3) is 0 Å². The molecule has 0 aliphatic heterocycles. The number of aromatic nitrogens is 4. The zero-order valence-corrected chi connectivity index (χ0v) is 10.3. The third kappa shape index (κ3) is 2.15. The van der Waals surface area contributed by atoms with E-state index in [4.69, 9.17) is 12.2 Å². The molecule has 0 aliphatic carbocycles. The molecule has 15 heavy (non-hydrogen) atoms. The van der Waals surface area contributed by atoms with Gasteiger partial charge in [-0.15, -0.1) is 11.3 Å². The van der Waals surface area contributed by atoms with Crippen LogP contribution < -0.4 is 0 Å². The second kappa shape index (κ2) is 4.24. The van der Waals surface area contributed by atoms with E-state index in [1.807, 2.05) is 17.7 Å². The van der Waals surface area contributed by atoms with Crippen molar-refractivity contribution in [3.8, 4) is 0 Å². The molecule has 0 spiro atoms. The van der Waals surface area contributed by atoms with E-state index in [-0.39, 0.29) is 0 Å². The van der Waals surface area contributed by atoms with Crippen LogP contribution in [0.1, 0.15) is 22.6 Å². The topological polar surface area (TPSA) is 46.5 Å². The summed E-state index contributed by atoms with van der Waals surface area (Å²) in [7, 11) is 0. The van der Waals surface area contributed by atoms with E-state index in [2.05, 4.69) is 22.1 Å². The van der Waals surface area contributed by atoms with Crippen LogP contribution in [0.15, 0.2) is 6.20 Å². The number of aromatic amines is 1. The van der Waals surface area contributed by atoms with Gasteiger partial charge in [-0.25, -0.2) is 4.98 Å². The molecule has 2 heterocycles. The normalized spacial score (nSPS) is 10.8. The Balaban J connectivity index is 2.25. The van der Waals surface area contributed by atoms with Crippen molar-refractivity contribution in [3.05, 3.63) is 26.7 Å². The van der Waals surface area contributed by atoms with E-state index in [1.54, 1.807) is 11.3 Å². The van der Waals surface area contributed by atoms with Crippen molar-refractivity contribution in [3.63, 3.8) is 0 Å². The van der Waals surface area contributed by atoms with Crippen LogP contribution in [0, 0.1) is 11.7 Å². The van der Waals surface area contributed by atoms with Gasteiger partial charge in [0, 0.05) is 11.1 Å². The van der Waals surface area contributed by atoms with E-state index in [9.17, 15) is 0 Å². The van der Waals surface area contributed by atoms with Gasteiger partial charge in [0.1, 0.15) is 10.8 Å². The molecule has 0 aromatic carbocycles. The average Bonchev–Trinajstić information content (AvgIpc) is 2.80. The predicted octanol–water partition coefficient (Wildman–Crippen LogP) is 2.32. The predicted molar refractivity (Wildman–Crippen MR) is 62.7 cm³/mol. The van der Waals surface area contributed by atoms with Gasteiger partial charge in [0.05, 0.1) is 6.54 Å². The van der Waals surface area contributed by atoms with Gasteiger partial charge in [-0.2, -0.15) is 5.10 Å². The summed E-state index contributed by atoms with van der Waals surface area (Å²) in [6.45, 7) is 4.78. The lowest BCUT2D eigenvalue weighted by Gasteiger charge is -1.99. The Hall–Kier alpha value is -1.01. The number of nitrogens with one attached hydrogen (secondary N) is 1. The summed E-state index contributed by atoms with van der Waals surface area (Å²) in [5.74, 6) is 0.897. The summed E-state index contributed by atoms with van der Waals surface area (Å²) in [4.78, 5) is 5.66. The van der Waals surface area contributed by atoms with E-state index in [0.29, 0.717) is 11.3 Å². The second-order valence-electron chi connectivity index (χ2n) is 3.24. The molecule has 0 unspecified atom stereocenters. The summed E-state index contributed by atoms with van der Waals surface area (Å²) in [5, 5.41) is 7.91. The van der Waals surface area contributed by atoms with Crippen LogP contribution in [-0.2, 0) is 13.0 Å². The minimum absolute atomic E-state index is 0.653. The van der Waals surface area contributed by atoms with Crippen molar-refractivity contribution in [1.82, 2.24) is 19.7 Å². The highest BCUT2D eigenvalue weighted by Crippen LogP contribution is 2.15. The molecule has 0 fully saturated rings. The fraction of sp³-hybridized carbons (Fsp3) is 0.444. The number of hydrogen-bond acceptors (Lipinski definition) is 4. The Morgan fingerprint density at radius 3 is 2.93 bits per heavy atom. The molecule has 0 aliphatic rings. The number of nitrogens with zero attached hydrogens (tertiary/aromatic N) is 3. The first kappa shape index (κ1) is 10.5. The first-order valence-corrected chi connectivity index (χ1v) is 5.98. The molecule has 0 saturated carbocycles. The van der Waals surface area contributed by atoms with Crippen molar-refractivity contribution >= 4 is 23.6 Å². The molecule has 0 amide bonds. The molecular weight excluding hydrogens is 228 g/mol. The summed E-state index contributed by atoms with van der Waals surface area (Å²) < 4.78 is 2.61. The van der Waals surface area contributed by atoms with Gasteiger partial charge in [0.2, 0.25) is 0 Å². The monoisotopic (exact) mass is 240 g/mol. The zero-order chi connectivity index (χ0) is 10.8. The molecule has 1 N–H and O–H groups in total. The van der Waals surface area contributed by atoms with Gasteiger partial charge in [0.15, 0.2) is 4.77 Å². The molecule has 0 saturated heterocycles. The smallest absolute Gasteiger partial charge is 0.195 e. The van der Waals surface area contributed by atoms with Crippen molar-refractivity contribution in [2.75, 3.05) is 0 Å². The number of H-pyrrole nitrogens is 1. The van der Waals surface area contributed by atoms with Crippen molar-refractivity contribution in [1.29, 1.82) is 0 Å². The fourth-order valence-electron chi connectivity index (χ4n) is 1.30. The highest BCUT2D eigenvalue weighted by atomic mass is 32.1. The molecule has 0 radical (unpaired) electrons. The molecule has 0 atom stereocenters. The first-order valence-electron chi connectivity index (χ1n) is 4.76. The Bertz CT molecular complexity index is 508. The van der Waals surface area contributed by atoms with Gasteiger partial charge >= 0.3 is 0 Å². The maximum atomic E-state index is 5.13. The maximum absolute atomic E-state index is 5.13. The van der Waals surface area contributed by atoms with E-state index < -0.39 is 0 Å². The highest BCUT2D eigenvalue weighted by Gasteiger charge is 2.05. The Morgan fingerprint density at radius 1 is 1.60 bits per heavy atom. The van der Waals surface area contributed by atoms with Crippen LogP contribution in [0.25, 0.3) is 0 Å². The van der Waals surface area contributed by atoms with Crippen molar-refractivity contribution in [2.45, 2.75) is 26.8 Å². The van der Waals surface area contributed by atoms with Crippen LogP contribution in [0.4, 0.5) is 0 Å². The van der Waals surface area contributed by atoms with Crippen LogP contribution in [0.2, 0.25) is 0 Å². The molecule has 2 aromatic heterocycles. The number of thiazole rings is 1. The lowest BCUT2D eigenvalue weighted by atomic mass is 10.4. The maximum Gasteiger partial charge on any atom is 0.195 e. The first-order chi connectivity index (χ1) is 7.20. The largest absolute Gasteiger partial charge is 0.297 e. The van der Waals surface area contributed by atoms with Crippen LogP contribution in [0.3, 0.4) is 0 Å². The van der Waals surface area contributed by atoms with E-state index >= 15 is 0 Å². The van der Waals surface area contributed by atoms with Crippen LogP contribution in [0.5, 0.6) is 0 Å². The average molecular weight is 240 g/mol. The van der Waals surface area contributed by atoms with E-state index in [1.165, 1.54) is 4.88 Å². The number of aryl methyl sites for hydroxylation is 2.